The zero-order valence-corrected chi connectivity index (χ0v) is 34.7. The van der Waals surface area contributed by atoms with Gasteiger partial charge in [0.1, 0.15) is 23.7 Å². The van der Waals surface area contributed by atoms with E-state index >= 15 is 4.39 Å². The first kappa shape index (κ1) is 40.7. The SMILES string of the molecule is C[C@@H]1CN(c2ccc(C#N)c3ncccc23)[C@@H](C)CN1C(=O)Nc1ccc(N2CCC(CN3CCN(c4cc5c(cc4F)C(=O)N([C@@H]4CCC(=O)NC4=O)C5=O)CC3)CC2)nc1. The second kappa shape index (κ2) is 16.7. The van der Waals surface area contributed by atoms with Crippen LogP contribution in [0.1, 0.15) is 65.8 Å². The van der Waals surface area contributed by atoms with Gasteiger partial charge >= 0.3 is 6.03 Å². The van der Waals surface area contributed by atoms with Gasteiger partial charge in [0.25, 0.3) is 11.8 Å². The number of nitrogens with one attached hydrogen (secondary N) is 2. The van der Waals surface area contributed by atoms with E-state index in [-0.39, 0.29) is 47.8 Å². The van der Waals surface area contributed by atoms with E-state index in [1.165, 1.54) is 6.07 Å². The summed E-state index contributed by atoms with van der Waals surface area (Å²) in [4.78, 5) is 84.8. The third kappa shape index (κ3) is 7.63. The molecule has 16 nitrogen and oxygen atoms in total. The molecule has 2 N–H and O–H groups in total. The predicted molar refractivity (Wildman–Crippen MR) is 229 cm³/mol. The van der Waals surface area contributed by atoms with E-state index in [9.17, 15) is 29.2 Å². The zero-order valence-electron chi connectivity index (χ0n) is 34.7. The minimum atomic E-state index is -1.10. The standard InChI is InChI=1S/C45H48FN11O5/c1-27-25-56(28(2)24-55(27)36-7-5-30(22-47)41-32(36)4-3-13-48-41)45(62)50-31-6-9-39(49-23-31)54-14-11-29(12-15-54)26-52-16-18-53(19-17-52)38-21-34-33(20-35(38)46)43(60)57(44(34)61)37-8-10-40(58)51-42(37)59/h3-7,9,13,20-21,23,27-29,37H,8,10-12,14-19,24-26H2,1-2H3,(H,50,62)(H,51,58,59)/t27-,28+,37+/m0/s1. The summed E-state index contributed by atoms with van der Waals surface area (Å²) in [5.74, 6) is -1.76. The molecule has 62 heavy (non-hydrogen) atoms. The summed E-state index contributed by atoms with van der Waals surface area (Å²) >= 11 is 0. The Kier molecular flexibility index (Phi) is 10.9. The number of hydrogen-bond donors (Lipinski definition) is 2. The Morgan fingerprint density at radius 1 is 0.871 bits per heavy atom. The Labute approximate surface area is 358 Å². The lowest BCUT2D eigenvalue weighted by Crippen LogP contribution is -2.59. The number of benzene rings is 2. The average molecular weight is 842 g/mol. The van der Waals surface area contributed by atoms with Crippen molar-refractivity contribution < 1.29 is 28.4 Å². The van der Waals surface area contributed by atoms with Crippen LogP contribution in [0.5, 0.6) is 0 Å². The maximum atomic E-state index is 15.5. The number of aromatic nitrogens is 2. The van der Waals surface area contributed by atoms with Crippen molar-refractivity contribution in [3.8, 4) is 6.07 Å². The van der Waals surface area contributed by atoms with Crippen LogP contribution in [0.15, 0.2) is 60.9 Å². The number of halogens is 1. The normalized spacial score (nSPS) is 22.5. The van der Waals surface area contributed by atoms with Crippen molar-refractivity contribution in [3.63, 3.8) is 0 Å². The summed E-state index contributed by atoms with van der Waals surface area (Å²) in [7, 11) is 0. The van der Waals surface area contributed by atoms with Crippen molar-refractivity contribution in [2.75, 3.05) is 78.9 Å². The van der Waals surface area contributed by atoms with Gasteiger partial charge in [0.05, 0.1) is 39.8 Å². The summed E-state index contributed by atoms with van der Waals surface area (Å²) < 4.78 is 15.5. The van der Waals surface area contributed by atoms with E-state index < -0.39 is 35.5 Å². The molecule has 4 saturated heterocycles. The minimum absolute atomic E-state index is 0.0149. The Morgan fingerprint density at radius 3 is 2.34 bits per heavy atom. The van der Waals surface area contributed by atoms with Gasteiger partial charge in [-0.05, 0) is 87.6 Å². The third-order valence-corrected chi connectivity index (χ3v) is 13.1. The van der Waals surface area contributed by atoms with E-state index in [1.54, 1.807) is 12.4 Å². The van der Waals surface area contributed by atoms with Gasteiger partial charge in [-0.15, -0.1) is 0 Å². The lowest BCUT2D eigenvalue weighted by Gasteiger charge is -2.45. The molecule has 2 aromatic carbocycles. The number of nitriles is 1. The molecule has 17 heteroatoms. The van der Waals surface area contributed by atoms with Crippen LogP contribution in [-0.2, 0) is 9.59 Å². The van der Waals surface area contributed by atoms with Gasteiger partial charge in [-0.3, -0.25) is 39.3 Å². The molecule has 5 aliphatic rings. The van der Waals surface area contributed by atoms with Crippen LogP contribution in [0, 0.1) is 23.1 Å². The summed E-state index contributed by atoms with van der Waals surface area (Å²) in [6.45, 7) is 10.5. The van der Waals surface area contributed by atoms with Crippen molar-refractivity contribution in [3.05, 3.63) is 83.4 Å². The molecule has 0 radical (unpaired) electrons. The van der Waals surface area contributed by atoms with Gasteiger partial charge in [-0.2, -0.15) is 5.26 Å². The van der Waals surface area contributed by atoms with Crippen molar-refractivity contribution in [2.24, 2.45) is 5.92 Å². The Morgan fingerprint density at radius 2 is 1.63 bits per heavy atom. The minimum Gasteiger partial charge on any atom is -0.367 e. The molecule has 4 aromatic rings. The fourth-order valence-electron chi connectivity index (χ4n) is 9.69. The fraction of sp³-hybridized carbons (Fsp3) is 0.422. The van der Waals surface area contributed by atoms with Crippen molar-refractivity contribution in [1.82, 2.24) is 30.0 Å². The summed E-state index contributed by atoms with van der Waals surface area (Å²) in [5, 5.41) is 15.7. The average Bonchev–Trinajstić information content (AvgIpc) is 3.51. The van der Waals surface area contributed by atoms with Gasteiger partial charge in [0.2, 0.25) is 11.8 Å². The first-order chi connectivity index (χ1) is 30.0. The molecule has 7 heterocycles. The Hall–Kier alpha value is -6.67. The van der Waals surface area contributed by atoms with Gasteiger partial charge in [0.15, 0.2) is 0 Å². The number of nitrogens with zero attached hydrogens (tertiary/aromatic N) is 9. The number of carbonyl (C=O) groups excluding carboxylic acids is 5. The summed E-state index contributed by atoms with van der Waals surface area (Å²) in [6, 6.07) is 15.0. The molecule has 0 aliphatic carbocycles. The van der Waals surface area contributed by atoms with Gasteiger partial charge in [0, 0.05) is 94.7 Å². The number of fused-ring (bicyclic) bond motifs is 2. The monoisotopic (exact) mass is 841 g/mol. The molecule has 6 amide bonds. The first-order valence-corrected chi connectivity index (χ1v) is 21.3. The molecule has 4 fully saturated rings. The highest BCUT2D eigenvalue weighted by molar-refractivity contribution is 6.23. The van der Waals surface area contributed by atoms with E-state index in [2.05, 4.69) is 43.3 Å². The van der Waals surface area contributed by atoms with Crippen LogP contribution in [0.3, 0.4) is 0 Å². The fourth-order valence-corrected chi connectivity index (χ4v) is 9.69. The number of pyridine rings is 2. The largest absolute Gasteiger partial charge is 0.367 e. The highest BCUT2D eigenvalue weighted by atomic mass is 19.1. The van der Waals surface area contributed by atoms with E-state index in [0.29, 0.717) is 48.9 Å². The van der Waals surface area contributed by atoms with Crippen LogP contribution in [0.25, 0.3) is 10.9 Å². The molecule has 5 aliphatic heterocycles. The molecular formula is C45H48FN11O5. The van der Waals surface area contributed by atoms with Crippen LogP contribution in [-0.4, -0.2) is 131 Å². The molecule has 2 aromatic heterocycles. The van der Waals surface area contributed by atoms with Crippen molar-refractivity contribution >= 4 is 63.4 Å². The molecule has 0 saturated carbocycles. The Bertz CT molecular complexity index is 2500. The Balaban J connectivity index is 0.737. The molecular weight excluding hydrogens is 794 g/mol. The third-order valence-electron chi connectivity index (χ3n) is 13.1. The smallest absolute Gasteiger partial charge is 0.322 e. The van der Waals surface area contributed by atoms with Crippen LogP contribution in [0.4, 0.5) is 32.1 Å². The number of piperidine rings is 2. The molecule has 0 unspecified atom stereocenters. The van der Waals surface area contributed by atoms with Gasteiger partial charge in [-0.1, -0.05) is 0 Å². The zero-order chi connectivity index (χ0) is 43.2. The molecule has 3 atom stereocenters. The van der Waals surface area contributed by atoms with E-state index in [1.807, 2.05) is 53.1 Å². The number of imide groups is 2. The lowest BCUT2D eigenvalue weighted by atomic mass is 9.96. The summed E-state index contributed by atoms with van der Waals surface area (Å²) in [6.07, 6.45) is 5.46. The van der Waals surface area contributed by atoms with Crippen LogP contribution in [0.2, 0.25) is 0 Å². The van der Waals surface area contributed by atoms with Gasteiger partial charge in [-0.25, -0.2) is 14.2 Å². The number of rotatable bonds is 7. The maximum Gasteiger partial charge on any atom is 0.322 e. The number of amides is 6. The van der Waals surface area contributed by atoms with Crippen LogP contribution >= 0.6 is 0 Å². The van der Waals surface area contributed by atoms with Gasteiger partial charge < -0.3 is 24.9 Å². The number of piperazine rings is 2. The highest BCUT2D eigenvalue weighted by Crippen LogP contribution is 2.35. The molecule has 0 spiro atoms. The molecule has 9 rings (SSSR count). The molecule has 0 bridgehead atoms. The highest BCUT2D eigenvalue weighted by Gasteiger charge is 2.45. The number of anilines is 4. The quantitative estimate of drug-likeness (QED) is 0.254. The van der Waals surface area contributed by atoms with Crippen LogP contribution < -0.4 is 25.3 Å². The van der Waals surface area contributed by atoms with E-state index in [4.69, 9.17) is 4.98 Å². The predicted octanol–water partition coefficient (Wildman–Crippen LogP) is 4.21. The molecule has 320 valence electrons. The number of urea groups is 1. The van der Waals surface area contributed by atoms with Crippen molar-refractivity contribution in [2.45, 2.75) is 57.7 Å². The first-order valence-electron chi connectivity index (χ1n) is 21.3. The number of hydrogen-bond acceptors (Lipinski definition) is 12. The maximum absolute atomic E-state index is 15.5. The topological polar surface area (TPSA) is 178 Å². The lowest BCUT2D eigenvalue weighted by molar-refractivity contribution is -0.136. The summed E-state index contributed by atoms with van der Waals surface area (Å²) in [5.41, 5.74) is 3.12. The van der Waals surface area contributed by atoms with Crippen molar-refractivity contribution in [1.29, 1.82) is 5.26 Å². The second-order valence-electron chi connectivity index (χ2n) is 17.0. The number of carbonyl (C=O) groups is 5. The second-order valence-corrected chi connectivity index (χ2v) is 17.0. The van der Waals surface area contributed by atoms with E-state index in [0.717, 1.165) is 73.4 Å².